The Kier molecular flexibility index (Phi) is 3.17. The molecule has 0 bridgehead atoms. The smallest absolute Gasteiger partial charge is 0.0973 e. The van der Waals surface area contributed by atoms with Gasteiger partial charge in [0, 0.05) is 6.54 Å². The predicted octanol–water partition coefficient (Wildman–Crippen LogP) is 1.66. The SMILES string of the molecule is CNCC1COC2C=CC=CC=C2C1. The summed E-state index contributed by atoms with van der Waals surface area (Å²) < 4.78 is 5.79. The molecule has 76 valence electrons. The fourth-order valence-electron chi connectivity index (χ4n) is 2.03. The molecule has 0 aromatic heterocycles. The van der Waals surface area contributed by atoms with Gasteiger partial charge in [-0.2, -0.15) is 0 Å². The Bertz CT molecular complexity index is 278. The molecule has 1 N–H and O–H groups in total. The van der Waals surface area contributed by atoms with Gasteiger partial charge in [0.25, 0.3) is 0 Å². The third-order valence-corrected chi connectivity index (χ3v) is 2.71. The van der Waals surface area contributed by atoms with E-state index in [0.717, 1.165) is 19.6 Å². The first-order valence-electron chi connectivity index (χ1n) is 5.20. The number of fused-ring (bicyclic) bond motifs is 1. The lowest BCUT2D eigenvalue weighted by molar-refractivity contribution is 0.0473. The highest BCUT2D eigenvalue weighted by molar-refractivity contribution is 5.29. The maximum Gasteiger partial charge on any atom is 0.0973 e. The maximum absolute atomic E-state index is 5.79. The topological polar surface area (TPSA) is 21.3 Å². The summed E-state index contributed by atoms with van der Waals surface area (Å²) >= 11 is 0. The summed E-state index contributed by atoms with van der Waals surface area (Å²) in [5.74, 6) is 0.627. The van der Waals surface area contributed by atoms with Crippen molar-refractivity contribution in [3.63, 3.8) is 0 Å². The molecule has 2 heteroatoms. The minimum atomic E-state index is 0.220. The number of allylic oxidation sites excluding steroid dienone is 4. The standard InChI is InChI=1S/C12H17NO/c1-13-8-10-7-11-5-3-2-4-6-12(11)14-9-10/h2-6,10,12-13H,7-9H2,1H3. The Morgan fingerprint density at radius 2 is 2.36 bits per heavy atom. The Labute approximate surface area is 85.3 Å². The van der Waals surface area contributed by atoms with Gasteiger partial charge in [0.1, 0.15) is 0 Å². The van der Waals surface area contributed by atoms with Crippen molar-refractivity contribution in [1.29, 1.82) is 0 Å². The van der Waals surface area contributed by atoms with Gasteiger partial charge in [-0.05, 0) is 25.0 Å². The quantitative estimate of drug-likeness (QED) is 0.716. The zero-order valence-electron chi connectivity index (χ0n) is 8.57. The van der Waals surface area contributed by atoms with E-state index in [1.807, 2.05) is 7.05 Å². The Balaban J connectivity index is 2.03. The molecule has 14 heavy (non-hydrogen) atoms. The van der Waals surface area contributed by atoms with Gasteiger partial charge in [-0.15, -0.1) is 0 Å². The molecule has 1 heterocycles. The molecule has 0 amide bonds. The van der Waals surface area contributed by atoms with Crippen molar-refractivity contribution in [3.05, 3.63) is 36.0 Å². The second-order valence-electron chi connectivity index (χ2n) is 3.89. The molecule has 2 rings (SSSR count). The molecule has 1 fully saturated rings. The third-order valence-electron chi connectivity index (χ3n) is 2.71. The van der Waals surface area contributed by atoms with Gasteiger partial charge in [-0.3, -0.25) is 0 Å². The van der Waals surface area contributed by atoms with E-state index < -0.39 is 0 Å². The van der Waals surface area contributed by atoms with Gasteiger partial charge in [-0.1, -0.05) is 30.4 Å². The largest absolute Gasteiger partial charge is 0.369 e. The van der Waals surface area contributed by atoms with Crippen LogP contribution in [0.4, 0.5) is 0 Å². The van der Waals surface area contributed by atoms with Crippen LogP contribution in [0, 0.1) is 5.92 Å². The molecule has 0 aromatic rings. The fourth-order valence-corrected chi connectivity index (χ4v) is 2.03. The summed E-state index contributed by atoms with van der Waals surface area (Å²) in [5.41, 5.74) is 1.40. The van der Waals surface area contributed by atoms with Crippen LogP contribution in [0.15, 0.2) is 36.0 Å². The van der Waals surface area contributed by atoms with Crippen LogP contribution in [0.1, 0.15) is 6.42 Å². The molecular formula is C12H17NO. The lowest BCUT2D eigenvalue weighted by Gasteiger charge is -2.29. The monoisotopic (exact) mass is 191 g/mol. The van der Waals surface area contributed by atoms with Crippen molar-refractivity contribution in [2.24, 2.45) is 5.92 Å². The van der Waals surface area contributed by atoms with Gasteiger partial charge >= 0.3 is 0 Å². The van der Waals surface area contributed by atoms with Crippen LogP contribution in [0.3, 0.4) is 0 Å². The van der Waals surface area contributed by atoms with Crippen molar-refractivity contribution in [2.45, 2.75) is 12.5 Å². The zero-order chi connectivity index (χ0) is 9.80. The highest BCUT2D eigenvalue weighted by atomic mass is 16.5. The first kappa shape index (κ1) is 9.69. The molecule has 2 nitrogen and oxygen atoms in total. The van der Waals surface area contributed by atoms with Gasteiger partial charge in [0.2, 0.25) is 0 Å². The third kappa shape index (κ3) is 2.14. The number of rotatable bonds is 2. The summed E-state index contributed by atoms with van der Waals surface area (Å²) in [6.07, 6.45) is 11.9. The van der Waals surface area contributed by atoms with Crippen LogP contribution < -0.4 is 5.32 Å². The van der Waals surface area contributed by atoms with Gasteiger partial charge in [-0.25, -0.2) is 0 Å². The van der Waals surface area contributed by atoms with E-state index in [1.54, 1.807) is 0 Å². The van der Waals surface area contributed by atoms with E-state index >= 15 is 0 Å². The van der Waals surface area contributed by atoms with Crippen LogP contribution in [0.25, 0.3) is 0 Å². The normalized spacial score (nSPS) is 30.8. The molecule has 1 aliphatic heterocycles. The maximum atomic E-state index is 5.79. The lowest BCUT2D eigenvalue weighted by Crippen LogP contribution is -2.32. The number of nitrogens with one attached hydrogen (secondary N) is 1. The van der Waals surface area contributed by atoms with Crippen molar-refractivity contribution in [3.8, 4) is 0 Å². The molecule has 1 saturated heterocycles. The van der Waals surface area contributed by atoms with E-state index in [2.05, 4.69) is 35.7 Å². The first-order valence-corrected chi connectivity index (χ1v) is 5.20. The summed E-state index contributed by atoms with van der Waals surface area (Å²) in [6, 6.07) is 0. The Morgan fingerprint density at radius 1 is 1.43 bits per heavy atom. The number of ether oxygens (including phenoxy) is 1. The van der Waals surface area contributed by atoms with E-state index in [9.17, 15) is 0 Å². The van der Waals surface area contributed by atoms with Gasteiger partial charge in [0.15, 0.2) is 0 Å². The molecule has 0 radical (unpaired) electrons. The van der Waals surface area contributed by atoms with Crippen molar-refractivity contribution >= 4 is 0 Å². The number of hydrogen-bond acceptors (Lipinski definition) is 2. The Hall–Kier alpha value is -0.860. The van der Waals surface area contributed by atoms with E-state index in [0.29, 0.717) is 5.92 Å². The predicted molar refractivity (Wildman–Crippen MR) is 58.1 cm³/mol. The highest BCUT2D eigenvalue weighted by Gasteiger charge is 2.23. The van der Waals surface area contributed by atoms with Crippen molar-refractivity contribution in [1.82, 2.24) is 5.32 Å². The van der Waals surface area contributed by atoms with Crippen molar-refractivity contribution in [2.75, 3.05) is 20.2 Å². The van der Waals surface area contributed by atoms with Gasteiger partial charge < -0.3 is 10.1 Å². The highest BCUT2D eigenvalue weighted by Crippen LogP contribution is 2.26. The van der Waals surface area contributed by atoms with E-state index in [4.69, 9.17) is 4.74 Å². The molecule has 0 saturated carbocycles. The minimum Gasteiger partial charge on any atom is -0.369 e. The average molecular weight is 191 g/mol. The van der Waals surface area contributed by atoms with Crippen LogP contribution in [0.5, 0.6) is 0 Å². The van der Waals surface area contributed by atoms with Crippen molar-refractivity contribution < 1.29 is 4.74 Å². The molecule has 0 spiro atoms. The molecule has 2 unspecified atom stereocenters. The van der Waals surface area contributed by atoms with Crippen LogP contribution >= 0.6 is 0 Å². The number of hydrogen-bond donors (Lipinski definition) is 1. The van der Waals surface area contributed by atoms with Crippen LogP contribution in [0.2, 0.25) is 0 Å². The second kappa shape index (κ2) is 4.58. The molecule has 1 aliphatic carbocycles. The molecule has 2 atom stereocenters. The van der Waals surface area contributed by atoms with Crippen LogP contribution in [-0.4, -0.2) is 26.3 Å². The summed E-state index contributed by atoms with van der Waals surface area (Å²) in [6.45, 7) is 1.91. The summed E-state index contributed by atoms with van der Waals surface area (Å²) in [4.78, 5) is 0. The molecule has 0 aromatic carbocycles. The summed E-state index contributed by atoms with van der Waals surface area (Å²) in [5, 5.41) is 3.21. The lowest BCUT2D eigenvalue weighted by atomic mass is 9.93. The molecule has 2 aliphatic rings. The van der Waals surface area contributed by atoms with Crippen LogP contribution in [-0.2, 0) is 4.74 Å². The molecular weight excluding hydrogens is 174 g/mol. The Morgan fingerprint density at radius 3 is 3.21 bits per heavy atom. The van der Waals surface area contributed by atoms with Gasteiger partial charge in [0.05, 0.1) is 12.7 Å². The first-order chi connectivity index (χ1) is 6.90. The fraction of sp³-hybridized carbons (Fsp3) is 0.500. The van der Waals surface area contributed by atoms with E-state index in [-0.39, 0.29) is 6.10 Å². The second-order valence-corrected chi connectivity index (χ2v) is 3.89. The average Bonchev–Trinajstić information content (AvgIpc) is 2.42. The summed E-state index contributed by atoms with van der Waals surface area (Å²) in [7, 11) is 1.99. The van der Waals surface area contributed by atoms with E-state index in [1.165, 1.54) is 5.57 Å². The minimum absolute atomic E-state index is 0.220. The zero-order valence-corrected chi connectivity index (χ0v) is 8.57.